The van der Waals surface area contributed by atoms with E-state index in [1.807, 2.05) is 0 Å². The summed E-state index contributed by atoms with van der Waals surface area (Å²) in [6, 6.07) is 11.5. The third-order valence-corrected chi connectivity index (χ3v) is 4.54. The van der Waals surface area contributed by atoms with E-state index >= 15 is 0 Å². The van der Waals surface area contributed by atoms with E-state index in [1.165, 1.54) is 7.11 Å². The van der Waals surface area contributed by atoms with Gasteiger partial charge in [-0.25, -0.2) is 4.79 Å². The second kappa shape index (κ2) is 8.61. The first-order valence-corrected chi connectivity index (χ1v) is 9.21. The molecule has 6 nitrogen and oxygen atoms in total. The Bertz CT molecular complexity index is 959. The predicted octanol–water partition coefficient (Wildman–Crippen LogP) is 4.13. The van der Waals surface area contributed by atoms with Crippen LogP contribution in [0.15, 0.2) is 52.4 Å². The molecule has 1 N–H and O–H groups in total. The zero-order valence-corrected chi connectivity index (χ0v) is 15.9. The summed E-state index contributed by atoms with van der Waals surface area (Å²) in [5.74, 6) is -0.568. The number of carbonyl (C=O) groups is 2. The number of nitrogens with zero attached hydrogens (tertiary/aromatic N) is 2. The number of benzene rings is 2. The van der Waals surface area contributed by atoms with E-state index in [2.05, 4.69) is 16.9 Å². The summed E-state index contributed by atoms with van der Waals surface area (Å²) in [4.78, 5) is 33.4. The van der Waals surface area contributed by atoms with Crippen molar-refractivity contribution in [2.45, 2.75) is 26.2 Å². The van der Waals surface area contributed by atoms with E-state index in [0.29, 0.717) is 40.3 Å². The largest absolute Gasteiger partial charge is 0.507 e. The lowest BCUT2D eigenvalue weighted by Crippen LogP contribution is -2.28. The van der Waals surface area contributed by atoms with Gasteiger partial charge in [-0.1, -0.05) is 25.5 Å². The van der Waals surface area contributed by atoms with Crippen LogP contribution in [0, 0.1) is 0 Å². The summed E-state index contributed by atoms with van der Waals surface area (Å²) >= 11 is 0. The molecule has 0 unspecified atom stereocenters. The van der Waals surface area contributed by atoms with Crippen molar-refractivity contribution in [3.05, 3.63) is 59.2 Å². The third-order valence-electron chi connectivity index (χ3n) is 4.54. The highest BCUT2D eigenvalue weighted by atomic mass is 16.5. The van der Waals surface area contributed by atoms with Gasteiger partial charge in [0.25, 0.3) is 0 Å². The topological polar surface area (TPSA) is 88.3 Å². The van der Waals surface area contributed by atoms with Crippen molar-refractivity contribution in [1.82, 2.24) is 0 Å². The van der Waals surface area contributed by atoms with E-state index in [0.717, 1.165) is 12.8 Å². The Morgan fingerprint density at radius 2 is 1.89 bits per heavy atom. The minimum Gasteiger partial charge on any atom is -0.507 e. The Kier molecular flexibility index (Phi) is 5.99. The maximum absolute atomic E-state index is 12.8. The SMILES string of the molecule is CCCCN=C1CC(=Nc2ccc(C(=O)OC)cc2)c2c(O)cccc2C1=O. The number of ketones is 1. The fourth-order valence-electron chi connectivity index (χ4n) is 3.06. The quantitative estimate of drug-likeness (QED) is 0.626. The standard InChI is InChI=1S/C22H22N2O4/c1-3-4-12-23-18-13-17(20-16(21(18)26)6-5-7-19(20)25)24-15-10-8-14(9-11-15)22(27)28-2/h5-11,25H,3-4,12-13H2,1-2H3. The van der Waals surface area contributed by atoms with Gasteiger partial charge < -0.3 is 9.84 Å². The highest BCUT2D eigenvalue weighted by Gasteiger charge is 2.29. The zero-order chi connectivity index (χ0) is 20.1. The number of hydrogen-bond donors (Lipinski definition) is 1. The van der Waals surface area contributed by atoms with Crippen LogP contribution in [0.4, 0.5) is 5.69 Å². The molecule has 0 amide bonds. The van der Waals surface area contributed by atoms with Crippen LogP contribution >= 0.6 is 0 Å². The van der Waals surface area contributed by atoms with Crippen LogP contribution in [-0.2, 0) is 4.74 Å². The summed E-state index contributed by atoms with van der Waals surface area (Å²) in [6.45, 7) is 2.66. The Labute approximate surface area is 163 Å². The number of aromatic hydroxyl groups is 1. The van der Waals surface area contributed by atoms with Crippen molar-refractivity contribution < 1.29 is 19.4 Å². The molecule has 6 heteroatoms. The summed E-state index contributed by atoms with van der Waals surface area (Å²) in [6.07, 6.45) is 2.16. The van der Waals surface area contributed by atoms with Gasteiger partial charge in [0.15, 0.2) is 0 Å². The summed E-state index contributed by atoms with van der Waals surface area (Å²) in [5, 5.41) is 10.3. The van der Waals surface area contributed by atoms with Gasteiger partial charge >= 0.3 is 5.97 Å². The molecule has 0 atom stereocenters. The minimum absolute atomic E-state index is 0.0170. The van der Waals surface area contributed by atoms with Crippen LogP contribution in [0.1, 0.15) is 52.5 Å². The number of phenols is 1. The number of fused-ring (bicyclic) bond motifs is 1. The average molecular weight is 378 g/mol. The van der Waals surface area contributed by atoms with Crippen LogP contribution < -0.4 is 0 Å². The van der Waals surface area contributed by atoms with Crippen LogP contribution in [0.25, 0.3) is 0 Å². The normalized spacial score (nSPS) is 16.3. The Hall–Kier alpha value is -3.28. The Morgan fingerprint density at radius 3 is 2.57 bits per heavy atom. The van der Waals surface area contributed by atoms with Crippen molar-refractivity contribution in [2.75, 3.05) is 13.7 Å². The molecule has 0 saturated carbocycles. The molecule has 0 radical (unpaired) electrons. The smallest absolute Gasteiger partial charge is 0.337 e. The van der Waals surface area contributed by atoms with Gasteiger partial charge in [0, 0.05) is 24.1 Å². The van der Waals surface area contributed by atoms with Crippen LogP contribution in [0.5, 0.6) is 5.75 Å². The number of ether oxygens (including phenoxy) is 1. The maximum Gasteiger partial charge on any atom is 0.337 e. The molecule has 3 rings (SSSR count). The first-order valence-electron chi connectivity index (χ1n) is 9.21. The second-order valence-electron chi connectivity index (χ2n) is 6.48. The number of rotatable bonds is 5. The molecular weight excluding hydrogens is 356 g/mol. The lowest BCUT2D eigenvalue weighted by molar-refractivity contribution is 0.0600. The monoisotopic (exact) mass is 378 g/mol. The number of aliphatic imine (C=N–C) groups is 2. The third kappa shape index (κ3) is 4.01. The summed E-state index contributed by atoms with van der Waals surface area (Å²) in [7, 11) is 1.33. The van der Waals surface area contributed by atoms with Gasteiger partial charge in [-0.05, 0) is 36.8 Å². The van der Waals surface area contributed by atoms with E-state index in [9.17, 15) is 14.7 Å². The molecular formula is C22H22N2O4. The lowest BCUT2D eigenvalue weighted by Gasteiger charge is -2.20. The second-order valence-corrected chi connectivity index (χ2v) is 6.48. The van der Waals surface area contributed by atoms with Crippen molar-refractivity contribution >= 4 is 28.9 Å². The number of unbranched alkanes of at least 4 members (excludes halogenated alkanes) is 1. The van der Waals surface area contributed by atoms with E-state index < -0.39 is 5.97 Å². The van der Waals surface area contributed by atoms with Gasteiger partial charge in [0.05, 0.1) is 29.8 Å². The summed E-state index contributed by atoms with van der Waals surface area (Å²) < 4.78 is 4.70. The van der Waals surface area contributed by atoms with Gasteiger partial charge in [0.1, 0.15) is 5.75 Å². The van der Waals surface area contributed by atoms with Gasteiger partial charge in [-0.15, -0.1) is 0 Å². The number of phenolic OH excluding ortho intramolecular Hbond substituents is 1. The molecule has 0 heterocycles. The molecule has 0 saturated heterocycles. The predicted molar refractivity (Wildman–Crippen MR) is 108 cm³/mol. The molecule has 144 valence electrons. The van der Waals surface area contributed by atoms with Gasteiger partial charge in [-0.3, -0.25) is 14.8 Å². The molecule has 0 aromatic heterocycles. The number of hydrogen-bond acceptors (Lipinski definition) is 6. The minimum atomic E-state index is -0.421. The van der Waals surface area contributed by atoms with Crippen LogP contribution in [0.2, 0.25) is 0 Å². The Balaban J connectivity index is 2.02. The number of esters is 1. The van der Waals surface area contributed by atoms with Crippen LogP contribution in [0.3, 0.4) is 0 Å². The molecule has 0 bridgehead atoms. The van der Waals surface area contributed by atoms with Gasteiger partial charge in [-0.2, -0.15) is 0 Å². The lowest BCUT2D eigenvalue weighted by atomic mass is 9.86. The zero-order valence-electron chi connectivity index (χ0n) is 15.9. The fraction of sp³-hybridized carbons (Fsp3) is 0.273. The maximum atomic E-state index is 12.8. The molecule has 0 aliphatic heterocycles. The number of methoxy groups -OCH3 is 1. The summed E-state index contributed by atoms with van der Waals surface area (Å²) in [5.41, 5.74) is 2.92. The van der Waals surface area contributed by atoms with E-state index in [1.54, 1.807) is 42.5 Å². The highest BCUT2D eigenvalue weighted by molar-refractivity contribution is 6.53. The molecule has 2 aromatic rings. The molecule has 1 aliphatic rings. The van der Waals surface area contributed by atoms with Crippen LogP contribution in [-0.4, -0.2) is 41.9 Å². The molecule has 28 heavy (non-hydrogen) atoms. The van der Waals surface area contributed by atoms with Crippen molar-refractivity contribution in [1.29, 1.82) is 0 Å². The highest BCUT2D eigenvalue weighted by Crippen LogP contribution is 2.30. The van der Waals surface area contributed by atoms with Crippen molar-refractivity contribution in [3.8, 4) is 5.75 Å². The van der Waals surface area contributed by atoms with Gasteiger partial charge in [0.2, 0.25) is 5.78 Å². The molecule has 0 spiro atoms. The number of Topliss-reactive ketones (excluding diaryl/α,β-unsaturated/α-hetero) is 1. The first kappa shape index (κ1) is 19.5. The van der Waals surface area contributed by atoms with E-state index in [4.69, 9.17) is 4.74 Å². The molecule has 1 aliphatic carbocycles. The first-order chi connectivity index (χ1) is 13.5. The molecule has 0 fully saturated rings. The van der Waals surface area contributed by atoms with E-state index in [-0.39, 0.29) is 18.0 Å². The van der Waals surface area contributed by atoms with Crippen molar-refractivity contribution in [3.63, 3.8) is 0 Å². The average Bonchev–Trinajstić information content (AvgIpc) is 2.71. The number of carbonyl (C=O) groups excluding carboxylic acids is 2. The fourth-order valence-corrected chi connectivity index (χ4v) is 3.06. The van der Waals surface area contributed by atoms with Crippen molar-refractivity contribution in [2.24, 2.45) is 9.98 Å². The molecule has 2 aromatic carbocycles. The Morgan fingerprint density at radius 1 is 1.14 bits per heavy atom.